The van der Waals surface area contributed by atoms with Crippen LogP contribution in [0.4, 0.5) is 0 Å². The van der Waals surface area contributed by atoms with Gasteiger partial charge in [0.05, 0.1) is 6.61 Å². The van der Waals surface area contributed by atoms with Gasteiger partial charge in [-0.15, -0.1) is 0 Å². The summed E-state index contributed by atoms with van der Waals surface area (Å²) in [5.74, 6) is 0.119. The van der Waals surface area contributed by atoms with Crippen molar-refractivity contribution in [3.05, 3.63) is 23.8 Å². The maximum absolute atomic E-state index is 11.7. The second-order valence-corrected chi connectivity index (χ2v) is 4.12. The molecule has 1 rings (SSSR count). The number of rotatable bonds is 7. The van der Waals surface area contributed by atoms with Crippen LogP contribution in [0.1, 0.15) is 56.8 Å². The standard InChI is InChI=1S/C14H22N2O3/c1-5-14(6-2,19-8-4)13-15-10-9-11(16-13)12(17)18-7-3/h9-10H,5-8H2,1-4H3. The highest BCUT2D eigenvalue weighted by Crippen LogP contribution is 2.30. The largest absolute Gasteiger partial charge is 0.461 e. The number of carbonyl (C=O) groups is 1. The Hall–Kier alpha value is -1.49. The van der Waals surface area contributed by atoms with Crippen LogP contribution in [0.5, 0.6) is 0 Å². The molecule has 19 heavy (non-hydrogen) atoms. The summed E-state index contributed by atoms with van der Waals surface area (Å²) in [7, 11) is 0. The van der Waals surface area contributed by atoms with Gasteiger partial charge in [0.25, 0.3) is 0 Å². The van der Waals surface area contributed by atoms with Gasteiger partial charge < -0.3 is 9.47 Å². The third-order valence-electron chi connectivity index (χ3n) is 3.11. The molecule has 0 aromatic carbocycles. The van der Waals surface area contributed by atoms with Crippen LogP contribution in [0.3, 0.4) is 0 Å². The third kappa shape index (κ3) is 3.50. The summed E-state index contributed by atoms with van der Waals surface area (Å²) in [6.07, 6.45) is 3.08. The number of nitrogens with zero attached hydrogens (tertiary/aromatic N) is 2. The van der Waals surface area contributed by atoms with E-state index in [2.05, 4.69) is 9.97 Å². The Morgan fingerprint density at radius 2 is 1.89 bits per heavy atom. The molecule has 0 aliphatic heterocycles. The highest BCUT2D eigenvalue weighted by molar-refractivity contribution is 5.87. The molecule has 0 atom stereocenters. The molecule has 0 spiro atoms. The Labute approximate surface area is 114 Å². The second kappa shape index (κ2) is 7.19. The quantitative estimate of drug-likeness (QED) is 0.710. The maximum Gasteiger partial charge on any atom is 0.357 e. The second-order valence-electron chi connectivity index (χ2n) is 4.12. The van der Waals surface area contributed by atoms with Crippen molar-refractivity contribution in [2.24, 2.45) is 0 Å². The van der Waals surface area contributed by atoms with Crippen molar-refractivity contribution < 1.29 is 14.3 Å². The van der Waals surface area contributed by atoms with Crippen molar-refractivity contribution in [2.45, 2.75) is 46.1 Å². The summed E-state index contributed by atoms with van der Waals surface area (Å²) in [5.41, 5.74) is -0.255. The molecule has 0 bridgehead atoms. The molecule has 0 aliphatic carbocycles. The van der Waals surface area contributed by atoms with Crippen molar-refractivity contribution in [1.82, 2.24) is 9.97 Å². The van der Waals surface area contributed by atoms with E-state index in [0.29, 0.717) is 19.0 Å². The summed E-state index contributed by atoms with van der Waals surface area (Å²) in [4.78, 5) is 20.3. The first-order chi connectivity index (χ1) is 9.13. The van der Waals surface area contributed by atoms with Crippen molar-refractivity contribution >= 4 is 5.97 Å². The van der Waals surface area contributed by atoms with Crippen LogP contribution in [0.25, 0.3) is 0 Å². The first-order valence-corrected chi connectivity index (χ1v) is 6.78. The van der Waals surface area contributed by atoms with Gasteiger partial charge in [0.15, 0.2) is 11.5 Å². The fourth-order valence-electron chi connectivity index (χ4n) is 2.01. The fourth-order valence-corrected chi connectivity index (χ4v) is 2.01. The summed E-state index contributed by atoms with van der Waals surface area (Å²) in [6, 6.07) is 1.56. The van der Waals surface area contributed by atoms with Crippen molar-refractivity contribution in [3.63, 3.8) is 0 Å². The molecule has 1 aromatic rings. The lowest BCUT2D eigenvalue weighted by molar-refractivity contribution is -0.0573. The van der Waals surface area contributed by atoms with E-state index in [1.54, 1.807) is 19.2 Å². The molecule has 0 aliphatic rings. The van der Waals surface area contributed by atoms with E-state index < -0.39 is 11.6 Å². The first kappa shape index (κ1) is 15.6. The predicted octanol–water partition coefficient (Wildman–Crippen LogP) is 2.71. The normalized spacial score (nSPS) is 11.4. The van der Waals surface area contributed by atoms with Crippen LogP contribution in [0, 0.1) is 0 Å². The van der Waals surface area contributed by atoms with Crippen molar-refractivity contribution in [1.29, 1.82) is 0 Å². The number of esters is 1. The molecule has 5 heteroatoms. The highest BCUT2D eigenvalue weighted by Gasteiger charge is 2.32. The topological polar surface area (TPSA) is 61.3 Å². The Kier molecular flexibility index (Phi) is 5.89. The van der Waals surface area contributed by atoms with Crippen LogP contribution in [-0.2, 0) is 15.1 Å². The summed E-state index contributed by atoms with van der Waals surface area (Å²) in [6.45, 7) is 8.67. The molecule has 1 aromatic heterocycles. The van der Waals surface area contributed by atoms with E-state index in [1.807, 2.05) is 20.8 Å². The highest BCUT2D eigenvalue weighted by atomic mass is 16.5. The van der Waals surface area contributed by atoms with E-state index in [-0.39, 0.29) is 5.69 Å². The third-order valence-corrected chi connectivity index (χ3v) is 3.11. The number of hydrogen-bond donors (Lipinski definition) is 0. The minimum absolute atomic E-state index is 0.276. The van der Waals surface area contributed by atoms with Crippen molar-refractivity contribution in [3.8, 4) is 0 Å². The smallest absolute Gasteiger partial charge is 0.357 e. The van der Waals surface area contributed by atoms with E-state index in [0.717, 1.165) is 12.8 Å². The maximum atomic E-state index is 11.7. The minimum atomic E-state index is -0.531. The molecule has 106 valence electrons. The van der Waals surface area contributed by atoms with Gasteiger partial charge in [0.1, 0.15) is 5.60 Å². The molecule has 5 nitrogen and oxygen atoms in total. The van der Waals surface area contributed by atoms with Crippen LogP contribution in [-0.4, -0.2) is 29.2 Å². The molecule has 0 N–H and O–H groups in total. The van der Waals surface area contributed by atoms with Gasteiger partial charge in [-0.1, -0.05) is 13.8 Å². The predicted molar refractivity (Wildman–Crippen MR) is 71.9 cm³/mol. The van der Waals surface area contributed by atoms with Gasteiger partial charge in [0.2, 0.25) is 0 Å². The summed E-state index contributed by atoms with van der Waals surface area (Å²) >= 11 is 0. The zero-order valence-electron chi connectivity index (χ0n) is 12.1. The van der Waals surface area contributed by atoms with E-state index >= 15 is 0 Å². The lowest BCUT2D eigenvalue weighted by Crippen LogP contribution is -2.31. The number of aromatic nitrogens is 2. The summed E-state index contributed by atoms with van der Waals surface area (Å²) in [5, 5.41) is 0. The zero-order chi connectivity index (χ0) is 14.3. The lowest BCUT2D eigenvalue weighted by Gasteiger charge is -2.29. The monoisotopic (exact) mass is 266 g/mol. The molecule has 0 saturated carbocycles. The molecule has 0 amide bonds. The molecule has 1 heterocycles. The number of hydrogen-bond acceptors (Lipinski definition) is 5. The molecule has 0 fully saturated rings. The van der Waals surface area contributed by atoms with Gasteiger partial charge in [-0.3, -0.25) is 0 Å². The number of carbonyl (C=O) groups excluding carboxylic acids is 1. The Morgan fingerprint density at radius 1 is 1.21 bits per heavy atom. The average molecular weight is 266 g/mol. The molecule has 0 radical (unpaired) electrons. The van der Waals surface area contributed by atoms with Gasteiger partial charge in [0, 0.05) is 12.8 Å². The van der Waals surface area contributed by atoms with E-state index in [4.69, 9.17) is 9.47 Å². The Morgan fingerprint density at radius 3 is 2.42 bits per heavy atom. The molecular formula is C14H22N2O3. The first-order valence-electron chi connectivity index (χ1n) is 6.78. The Bertz CT molecular complexity index is 417. The molecule has 0 saturated heterocycles. The SMILES string of the molecule is CCOC(=O)c1ccnc(C(CC)(CC)OCC)n1. The van der Waals surface area contributed by atoms with Gasteiger partial charge in [-0.05, 0) is 32.8 Å². The van der Waals surface area contributed by atoms with Gasteiger partial charge in [-0.25, -0.2) is 14.8 Å². The van der Waals surface area contributed by atoms with Gasteiger partial charge in [-0.2, -0.15) is 0 Å². The van der Waals surface area contributed by atoms with Crippen LogP contribution in [0.15, 0.2) is 12.3 Å². The van der Waals surface area contributed by atoms with E-state index in [1.165, 1.54) is 0 Å². The molecular weight excluding hydrogens is 244 g/mol. The van der Waals surface area contributed by atoms with Crippen LogP contribution >= 0.6 is 0 Å². The average Bonchev–Trinajstić information content (AvgIpc) is 2.45. The molecule has 0 unspecified atom stereocenters. The van der Waals surface area contributed by atoms with E-state index in [9.17, 15) is 4.79 Å². The van der Waals surface area contributed by atoms with Crippen LogP contribution < -0.4 is 0 Å². The fraction of sp³-hybridized carbons (Fsp3) is 0.643. The minimum Gasteiger partial charge on any atom is -0.461 e. The van der Waals surface area contributed by atoms with Gasteiger partial charge >= 0.3 is 5.97 Å². The Balaban J connectivity index is 3.11. The lowest BCUT2D eigenvalue weighted by atomic mass is 9.96. The van der Waals surface area contributed by atoms with Crippen LogP contribution in [0.2, 0.25) is 0 Å². The summed E-state index contributed by atoms with van der Waals surface area (Å²) < 4.78 is 10.8. The van der Waals surface area contributed by atoms with Crippen molar-refractivity contribution in [2.75, 3.05) is 13.2 Å². The number of ether oxygens (including phenoxy) is 2. The zero-order valence-corrected chi connectivity index (χ0v) is 12.1.